The maximum atomic E-state index is 12.8. The molecule has 1 N–H and O–H groups in total. The molecule has 0 spiro atoms. The molecule has 0 saturated carbocycles. The number of aromatic nitrogens is 1. The fourth-order valence-electron chi connectivity index (χ4n) is 3.62. The lowest BCUT2D eigenvalue weighted by Gasteiger charge is -2.32. The number of halogens is 3. The summed E-state index contributed by atoms with van der Waals surface area (Å²) in [6.45, 7) is 4.47. The molecule has 2 heterocycles. The minimum absolute atomic E-state index is 0.254. The van der Waals surface area contributed by atoms with E-state index in [-0.39, 0.29) is 10.6 Å². The molecule has 0 radical (unpaired) electrons. The van der Waals surface area contributed by atoms with Crippen LogP contribution in [0.2, 0.25) is 0 Å². The van der Waals surface area contributed by atoms with Crippen molar-refractivity contribution in [3.63, 3.8) is 0 Å². The Labute approximate surface area is 184 Å². The summed E-state index contributed by atoms with van der Waals surface area (Å²) in [5.41, 5.74) is 0.692. The molecule has 10 heteroatoms. The Morgan fingerprint density at radius 2 is 1.66 bits per heavy atom. The van der Waals surface area contributed by atoms with Crippen LogP contribution in [0.3, 0.4) is 0 Å². The predicted octanol–water partition coefficient (Wildman–Crippen LogP) is 3.80. The second-order valence-electron chi connectivity index (χ2n) is 7.89. The number of likely N-dealkylation sites (N-methyl/N-ethyl adjacent to an activating group) is 1. The lowest BCUT2D eigenvalue weighted by Crippen LogP contribution is -2.44. The van der Waals surface area contributed by atoms with Gasteiger partial charge in [-0.2, -0.15) is 13.2 Å². The molecular formula is C22H23F3N4O2S. The number of nitrogens with zero attached hydrogens (tertiary/aromatic N) is 3. The average Bonchev–Trinajstić information content (AvgIpc) is 2.75. The number of anilines is 1. The topological polar surface area (TPSA) is 65.5 Å². The van der Waals surface area contributed by atoms with Gasteiger partial charge in [-0.15, -0.1) is 0 Å². The van der Waals surface area contributed by atoms with Crippen molar-refractivity contribution in [1.82, 2.24) is 14.8 Å². The summed E-state index contributed by atoms with van der Waals surface area (Å²) in [5.74, 6) is 0. The van der Waals surface area contributed by atoms with E-state index in [9.17, 15) is 21.6 Å². The summed E-state index contributed by atoms with van der Waals surface area (Å²) in [4.78, 5) is 8.99. The van der Waals surface area contributed by atoms with Crippen LogP contribution in [0.1, 0.15) is 11.3 Å². The molecule has 0 aliphatic carbocycles. The standard InChI is InChI=1S/C22H23F3N4O2S/c1-28-11-13-29(14-12-28)15-18-8-5-16-3-2-4-20(21(16)26-18)27-32(30,31)19-9-6-17(7-10-19)22(23,24)25/h2-10,27H,11-15H2,1H3. The third-order valence-corrected chi connectivity index (χ3v) is 6.88. The fraction of sp³-hybridized carbons (Fsp3) is 0.318. The minimum atomic E-state index is -4.53. The molecule has 3 aromatic rings. The first kappa shape index (κ1) is 22.5. The first-order chi connectivity index (χ1) is 15.1. The number of piperazine rings is 1. The molecule has 0 unspecified atom stereocenters. The Bertz CT molecular complexity index is 1210. The lowest BCUT2D eigenvalue weighted by molar-refractivity contribution is -0.137. The van der Waals surface area contributed by atoms with E-state index in [2.05, 4.69) is 26.6 Å². The van der Waals surface area contributed by atoms with Crippen molar-refractivity contribution < 1.29 is 21.6 Å². The van der Waals surface area contributed by atoms with Gasteiger partial charge in [0.15, 0.2) is 0 Å². The molecule has 0 amide bonds. The van der Waals surface area contributed by atoms with Gasteiger partial charge in [0.25, 0.3) is 10.0 Å². The Morgan fingerprint density at radius 3 is 2.31 bits per heavy atom. The number of sulfonamides is 1. The largest absolute Gasteiger partial charge is 0.416 e. The third-order valence-electron chi connectivity index (χ3n) is 5.50. The van der Waals surface area contributed by atoms with Crippen molar-refractivity contribution in [2.24, 2.45) is 0 Å². The SMILES string of the molecule is CN1CCN(Cc2ccc3cccc(NS(=O)(=O)c4ccc(C(F)(F)F)cc4)c3n2)CC1. The summed E-state index contributed by atoms with van der Waals surface area (Å²) in [5, 5.41) is 0.764. The van der Waals surface area contributed by atoms with E-state index in [0.717, 1.165) is 61.5 Å². The van der Waals surface area contributed by atoms with Crippen LogP contribution in [0.4, 0.5) is 18.9 Å². The van der Waals surface area contributed by atoms with Crippen LogP contribution in [0, 0.1) is 0 Å². The highest BCUT2D eigenvalue weighted by atomic mass is 32.2. The van der Waals surface area contributed by atoms with Crippen molar-refractivity contribution in [3.05, 3.63) is 65.9 Å². The number of para-hydroxylation sites is 1. The van der Waals surface area contributed by atoms with E-state index in [0.29, 0.717) is 12.1 Å². The maximum absolute atomic E-state index is 12.8. The quantitative estimate of drug-likeness (QED) is 0.622. The predicted molar refractivity (Wildman–Crippen MR) is 117 cm³/mol. The van der Waals surface area contributed by atoms with E-state index in [1.807, 2.05) is 18.2 Å². The van der Waals surface area contributed by atoms with Gasteiger partial charge in [-0.3, -0.25) is 9.62 Å². The zero-order chi connectivity index (χ0) is 22.9. The zero-order valence-electron chi connectivity index (χ0n) is 17.4. The van der Waals surface area contributed by atoms with Crippen LogP contribution < -0.4 is 4.72 Å². The first-order valence-corrected chi connectivity index (χ1v) is 11.6. The molecule has 4 rings (SSSR count). The summed E-state index contributed by atoms with van der Waals surface area (Å²) in [7, 11) is -2.00. The highest BCUT2D eigenvalue weighted by Crippen LogP contribution is 2.30. The van der Waals surface area contributed by atoms with Crippen LogP contribution in [-0.2, 0) is 22.7 Å². The van der Waals surface area contributed by atoms with Gasteiger partial charge in [0.05, 0.1) is 27.4 Å². The molecule has 0 atom stereocenters. The van der Waals surface area contributed by atoms with Gasteiger partial charge in [-0.25, -0.2) is 13.4 Å². The summed E-state index contributed by atoms with van der Waals surface area (Å²) < 4.78 is 66.4. The number of fused-ring (bicyclic) bond motifs is 1. The lowest BCUT2D eigenvalue weighted by atomic mass is 10.1. The van der Waals surface area contributed by atoms with E-state index < -0.39 is 21.8 Å². The number of hydrogen-bond donors (Lipinski definition) is 1. The monoisotopic (exact) mass is 464 g/mol. The van der Waals surface area contributed by atoms with Gasteiger partial charge in [0, 0.05) is 38.1 Å². The second-order valence-corrected chi connectivity index (χ2v) is 9.57. The second kappa shape index (κ2) is 8.68. The summed E-state index contributed by atoms with van der Waals surface area (Å²) in [6.07, 6.45) is -4.53. The summed E-state index contributed by atoms with van der Waals surface area (Å²) >= 11 is 0. The molecule has 32 heavy (non-hydrogen) atoms. The van der Waals surface area contributed by atoms with Gasteiger partial charge in [0.2, 0.25) is 0 Å². The molecule has 2 aromatic carbocycles. The fourth-order valence-corrected chi connectivity index (χ4v) is 4.69. The van der Waals surface area contributed by atoms with Crippen LogP contribution in [0.5, 0.6) is 0 Å². The molecule has 0 bridgehead atoms. The molecule has 1 fully saturated rings. The minimum Gasteiger partial charge on any atom is -0.304 e. The maximum Gasteiger partial charge on any atom is 0.416 e. The van der Waals surface area contributed by atoms with Gasteiger partial charge in [0.1, 0.15) is 0 Å². The number of alkyl halides is 3. The highest BCUT2D eigenvalue weighted by Gasteiger charge is 2.30. The van der Waals surface area contributed by atoms with E-state index >= 15 is 0 Å². The van der Waals surface area contributed by atoms with Crippen LogP contribution in [0.15, 0.2) is 59.5 Å². The number of pyridine rings is 1. The Morgan fingerprint density at radius 1 is 0.969 bits per heavy atom. The normalized spacial score (nSPS) is 16.4. The van der Waals surface area contributed by atoms with Crippen molar-refractivity contribution in [3.8, 4) is 0 Å². The molecular weight excluding hydrogens is 441 g/mol. The van der Waals surface area contributed by atoms with Crippen molar-refractivity contribution >= 4 is 26.6 Å². The molecule has 170 valence electrons. The molecule has 1 saturated heterocycles. The summed E-state index contributed by atoms with van der Waals surface area (Å²) in [6, 6.07) is 12.3. The highest BCUT2D eigenvalue weighted by molar-refractivity contribution is 7.92. The third kappa shape index (κ3) is 5.03. The zero-order valence-corrected chi connectivity index (χ0v) is 18.2. The smallest absolute Gasteiger partial charge is 0.304 e. The molecule has 1 aliphatic heterocycles. The number of rotatable bonds is 5. The molecule has 1 aliphatic rings. The Balaban J connectivity index is 1.59. The number of benzene rings is 2. The van der Waals surface area contributed by atoms with Gasteiger partial charge < -0.3 is 4.90 Å². The Hall–Kier alpha value is -2.69. The number of hydrogen-bond acceptors (Lipinski definition) is 5. The average molecular weight is 465 g/mol. The van der Waals surface area contributed by atoms with Crippen LogP contribution in [0.25, 0.3) is 10.9 Å². The Kier molecular flexibility index (Phi) is 6.11. The van der Waals surface area contributed by atoms with Gasteiger partial charge in [-0.1, -0.05) is 18.2 Å². The molecule has 1 aromatic heterocycles. The first-order valence-electron chi connectivity index (χ1n) is 10.1. The number of nitrogens with one attached hydrogen (secondary N) is 1. The van der Waals surface area contributed by atoms with E-state index in [1.54, 1.807) is 12.1 Å². The molecule has 6 nitrogen and oxygen atoms in total. The van der Waals surface area contributed by atoms with Crippen molar-refractivity contribution in [2.45, 2.75) is 17.6 Å². The van der Waals surface area contributed by atoms with Gasteiger partial charge in [-0.05, 0) is 43.4 Å². The van der Waals surface area contributed by atoms with Crippen molar-refractivity contribution in [1.29, 1.82) is 0 Å². The van der Waals surface area contributed by atoms with Crippen molar-refractivity contribution in [2.75, 3.05) is 37.9 Å². The van der Waals surface area contributed by atoms with Crippen LogP contribution in [-0.4, -0.2) is 56.4 Å². The van der Waals surface area contributed by atoms with Crippen LogP contribution >= 0.6 is 0 Å². The van der Waals surface area contributed by atoms with E-state index in [1.165, 1.54) is 0 Å². The van der Waals surface area contributed by atoms with Gasteiger partial charge >= 0.3 is 6.18 Å². The van der Waals surface area contributed by atoms with E-state index in [4.69, 9.17) is 0 Å².